The van der Waals surface area contributed by atoms with Crippen molar-refractivity contribution in [3.8, 4) is 0 Å². The molecule has 0 spiro atoms. The molecule has 1 aromatic carbocycles. The highest BCUT2D eigenvalue weighted by Crippen LogP contribution is 2.26. The summed E-state index contributed by atoms with van der Waals surface area (Å²) < 4.78 is 5.12. The quantitative estimate of drug-likeness (QED) is 0.846. The highest BCUT2D eigenvalue weighted by molar-refractivity contribution is 7.98. The minimum Gasteiger partial charge on any atom is -0.478 e. The molecule has 1 heterocycles. The highest BCUT2D eigenvalue weighted by Gasteiger charge is 2.13. The molecule has 0 aliphatic heterocycles. The first-order valence-corrected chi connectivity index (χ1v) is 6.84. The van der Waals surface area contributed by atoms with Gasteiger partial charge < -0.3 is 9.63 Å². The summed E-state index contributed by atoms with van der Waals surface area (Å²) in [6.45, 7) is 3.98. The van der Waals surface area contributed by atoms with Crippen LogP contribution in [0.25, 0.3) is 0 Å². The van der Waals surface area contributed by atoms with E-state index in [1.165, 1.54) is 11.8 Å². The fourth-order valence-electron chi connectivity index (χ4n) is 1.47. The van der Waals surface area contributed by atoms with E-state index in [4.69, 9.17) is 9.63 Å². The molecule has 19 heavy (non-hydrogen) atoms. The number of carboxylic acids is 1. The van der Waals surface area contributed by atoms with Crippen molar-refractivity contribution in [1.82, 2.24) is 10.1 Å². The second-order valence-corrected chi connectivity index (χ2v) is 5.31. The lowest BCUT2D eigenvalue weighted by molar-refractivity contribution is 0.0693. The van der Waals surface area contributed by atoms with Crippen LogP contribution in [0.5, 0.6) is 0 Å². The van der Waals surface area contributed by atoms with Crippen molar-refractivity contribution in [2.24, 2.45) is 0 Å². The van der Waals surface area contributed by atoms with Crippen LogP contribution in [0, 0.1) is 0 Å². The molecule has 2 rings (SSSR count). The van der Waals surface area contributed by atoms with E-state index < -0.39 is 5.97 Å². The van der Waals surface area contributed by atoms with E-state index in [-0.39, 0.29) is 11.5 Å². The molecule has 6 heteroatoms. The van der Waals surface area contributed by atoms with E-state index in [2.05, 4.69) is 10.1 Å². The molecule has 0 bridgehead atoms. The van der Waals surface area contributed by atoms with E-state index in [0.717, 1.165) is 0 Å². The van der Waals surface area contributed by atoms with E-state index in [0.29, 0.717) is 22.4 Å². The van der Waals surface area contributed by atoms with E-state index in [1.807, 2.05) is 19.9 Å². The summed E-state index contributed by atoms with van der Waals surface area (Å²) >= 11 is 1.38. The number of aromatic nitrogens is 2. The number of hydrogen-bond acceptors (Lipinski definition) is 5. The second-order valence-electron chi connectivity index (χ2n) is 4.29. The van der Waals surface area contributed by atoms with Crippen molar-refractivity contribution in [3.63, 3.8) is 0 Å². The Kier molecular flexibility index (Phi) is 4.21. The first-order valence-electron chi connectivity index (χ1n) is 5.85. The van der Waals surface area contributed by atoms with Crippen LogP contribution in [0.4, 0.5) is 0 Å². The Balaban J connectivity index is 2.08. The molecule has 1 aromatic heterocycles. The Hall–Kier alpha value is -1.82. The van der Waals surface area contributed by atoms with Gasteiger partial charge in [0.15, 0.2) is 5.82 Å². The van der Waals surface area contributed by atoms with Gasteiger partial charge in [0.1, 0.15) is 0 Å². The molecule has 0 radical (unpaired) electrons. The summed E-state index contributed by atoms with van der Waals surface area (Å²) in [5.74, 6) is 0.922. The van der Waals surface area contributed by atoms with Crippen molar-refractivity contribution in [2.75, 3.05) is 0 Å². The number of aromatic carboxylic acids is 1. The highest BCUT2D eigenvalue weighted by atomic mass is 32.2. The first-order chi connectivity index (χ1) is 9.08. The molecule has 2 aromatic rings. The number of carbonyl (C=O) groups is 1. The fourth-order valence-corrected chi connectivity index (χ4v) is 2.35. The Morgan fingerprint density at radius 3 is 2.79 bits per heavy atom. The summed E-state index contributed by atoms with van der Waals surface area (Å²) in [5.41, 5.74) is 0.288. The van der Waals surface area contributed by atoms with Crippen LogP contribution in [0.1, 0.15) is 41.8 Å². The van der Waals surface area contributed by atoms with Gasteiger partial charge in [-0.1, -0.05) is 31.1 Å². The molecule has 0 atom stereocenters. The lowest BCUT2D eigenvalue weighted by Crippen LogP contribution is -1.98. The Bertz CT molecular complexity index is 581. The zero-order chi connectivity index (χ0) is 13.8. The van der Waals surface area contributed by atoms with Gasteiger partial charge in [-0.15, -0.1) is 11.8 Å². The number of nitrogens with zero attached hydrogens (tertiary/aromatic N) is 2. The standard InChI is InChI=1S/C13H14N2O3S/c1-8(2)12-14-11(18-15-12)7-19-10-6-4-3-5-9(10)13(16)17/h3-6,8H,7H2,1-2H3,(H,16,17). The maximum Gasteiger partial charge on any atom is 0.336 e. The van der Waals surface area contributed by atoms with Gasteiger partial charge in [-0.3, -0.25) is 0 Å². The monoisotopic (exact) mass is 278 g/mol. The van der Waals surface area contributed by atoms with Crippen molar-refractivity contribution < 1.29 is 14.4 Å². The average molecular weight is 278 g/mol. The van der Waals surface area contributed by atoms with Gasteiger partial charge in [0.05, 0.1) is 11.3 Å². The summed E-state index contributed by atoms with van der Waals surface area (Å²) in [6, 6.07) is 6.87. The first kappa shape index (κ1) is 13.6. The smallest absolute Gasteiger partial charge is 0.336 e. The molecule has 0 aliphatic carbocycles. The van der Waals surface area contributed by atoms with Crippen LogP contribution in [-0.2, 0) is 5.75 Å². The molecular formula is C13H14N2O3S. The summed E-state index contributed by atoms with van der Waals surface area (Å²) in [4.78, 5) is 16.0. The van der Waals surface area contributed by atoms with E-state index >= 15 is 0 Å². The average Bonchev–Trinajstić information content (AvgIpc) is 2.85. The summed E-state index contributed by atoms with van der Waals surface area (Å²) in [7, 11) is 0. The minimum atomic E-state index is -0.934. The fraction of sp³-hybridized carbons (Fsp3) is 0.308. The second kappa shape index (κ2) is 5.88. The van der Waals surface area contributed by atoms with Gasteiger partial charge in [0.25, 0.3) is 0 Å². The van der Waals surface area contributed by atoms with Gasteiger partial charge in [-0.05, 0) is 12.1 Å². The number of benzene rings is 1. The third-order valence-corrected chi connectivity index (χ3v) is 3.53. The molecule has 0 saturated heterocycles. The van der Waals surface area contributed by atoms with Crippen molar-refractivity contribution >= 4 is 17.7 Å². The number of thioether (sulfide) groups is 1. The summed E-state index contributed by atoms with van der Waals surface area (Å²) in [5, 5.41) is 12.9. The predicted octanol–water partition coefficient (Wildman–Crippen LogP) is 3.18. The van der Waals surface area contributed by atoms with E-state index in [9.17, 15) is 4.79 Å². The molecule has 0 fully saturated rings. The Morgan fingerprint density at radius 1 is 1.42 bits per heavy atom. The molecule has 0 amide bonds. The van der Waals surface area contributed by atoms with Crippen molar-refractivity contribution in [3.05, 3.63) is 41.5 Å². The maximum atomic E-state index is 11.1. The Labute approximate surface area is 115 Å². The zero-order valence-corrected chi connectivity index (χ0v) is 11.5. The third-order valence-electron chi connectivity index (χ3n) is 2.47. The van der Waals surface area contributed by atoms with Gasteiger partial charge in [-0.2, -0.15) is 4.98 Å². The van der Waals surface area contributed by atoms with Gasteiger partial charge in [-0.25, -0.2) is 4.79 Å². The molecule has 5 nitrogen and oxygen atoms in total. The summed E-state index contributed by atoms with van der Waals surface area (Å²) in [6.07, 6.45) is 0. The molecule has 0 unspecified atom stereocenters. The lowest BCUT2D eigenvalue weighted by atomic mass is 10.2. The van der Waals surface area contributed by atoms with Gasteiger partial charge in [0.2, 0.25) is 5.89 Å². The SMILES string of the molecule is CC(C)c1noc(CSc2ccccc2C(=O)O)n1. The van der Waals surface area contributed by atoms with Crippen LogP contribution in [-0.4, -0.2) is 21.2 Å². The molecule has 1 N–H and O–H groups in total. The lowest BCUT2D eigenvalue weighted by Gasteiger charge is -2.02. The van der Waals surface area contributed by atoms with Crippen molar-refractivity contribution in [1.29, 1.82) is 0 Å². The van der Waals surface area contributed by atoms with Crippen LogP contribution < -0.4 is 0 Å². The normalized spacial score (nSPS) is 10.9. The van der Waals surface area contributed by atoms with Crippen LogP contribution >= 0.6 is 11.8 Å². The van der Waals surface area contributed by atoms with Crippen LogP contribution in [0.3, 0.4) is 0 Å². The zero-order valence-electron chi connectivity index (χ0n) is 10.7. The topological polar surface area (TPSA) is 76.2 Å². The largest absolute Gasteiger partial charge is 0.478 e. The van der Waals surface area contributed by atoms with Gasteiger partial charge >= 0.3 is 5.97 Å². The third kappa shape index (κ3) is 3.35. The molecule has 100 valence electrons. The van der Waals surface area contributed by atoms with Crippen LogP contribution in [0.2, 0.25) is 0 Å². The maximum absolute atomic E-state index is 11.1. The molecular weight excluding hydrogens is 264 g/mol. The molecule has 0 aliphatic rings. The minimum absolute atomic E-state index is 0.216. The van der Waals surface area contributed by atoms with Crippen molar-refractivity contribution in [2.45, 2.75) is 30.4 Å². The molecule has 0 saturated carbocycles. The van der Waals surface area contributed by atoms with E-state index in [1.54, 1.807) is 18.2 Å². The van der Waals surface area contributed by atoms with Crippen LogP contribution in [0.15, 0.2) is 33.7 Å². The number of carboxylic acid groups (broad SMARTS) is 1. The van der Waals surface area contributed by atoms with Gasteiger partial charge in [0, 0.05) is 10.8 Å². The number of hydrogen-bond donors (Lipinski definition) is 1. The predicted molar refractivity (Wildman–Crippen MR) is 71.3 cm³/mol. The Morgan fingerprint density at radius 2 is 2.16 bits per heavy atom. The number of rotatable bonds is 5.